The Kier molecular flexibility index (Phi) is 6.14. The minimum Gasteiger partial charge on any atom is -0.493 e. The van der Waals surface area contributed by atoms with Crippen LogP contribution in [-0.4, -0.2) is 22.6 Å². The maximum atomic E-state index is 12.7. The normalized spacial score (nSPS) is 12.7. The molecule has 0 aromatic heterocycles. The maximum absolute atomic E-state index is 12.7. The first-order valence-electron chi connectivity index (χ1n) is 6.98. The van der Waals surface area contributed by atoms with Crippen molar-refractivity contribution >= 4 is 37.6 Å². The Bertz CT molecular complexity index is 825. The Morgan fingerprint density at radius 1 is 1.08 bits per heavy atom. The van der Waals surface area contributed by atoms with Gasteiger partial charge in [-0.05, 0) is 46.6 Å². The van der Waals surface area contributed by atoms with Gasteiger partial charge in [0.05, 0.1) is 14.2 Å². The number of benzene rings is 2. The standard InChI is InChI=1S/C16H17BrClNO4S/c1-10(11-4-6-12(18)7-5-11)19-24(20,21)16-9-15(23-3)14(22-2)8-13(16)17/h4-10,19H,1-3H3. The van der Waals surface area contributed by atoms with E-state index in [2.05, 4.69) is 20.7 Å². The van der Waals surface area contributed by atoms with Crippen molar-refractivity contribution in [1.82, 2.24) is 4.72 Å². The predicted molar refractivity (Wildman–Crippen MR) is 97.4 cm³/mol. The summed E-state index contributed by atoms with van der Waals surface area (Å²) in [5, 5.41) is 0.594. The third-order valence-corrected chi connectivity index (χ3v) is 6.18. The number of hydrogen-bond acceptors (Lipinski definition) is 4. The zero-order valence-corrected chi connectivity index (χ0v) is 16.5. The molecule has 8 heteroatoms. The van der Waals surface area contributed by atoms with Gasteiger partial charge in [0.2, 0.25) is 10.0 Å². The van der Waals surface area contributed by atoms with Crippen LogP contribution in [0.1, 0.15) is 18.5 Å². The van der Waals surface area contributed by atoms with E-state index in [1.54, 1.807) is 37.3 Å². The average molecular weight is 435 g/mol. The van der Waals surface area contributed by atoms with Crippen LogP contribution in [0, 0.1) is 0 Å². The van der Waals surface area contributed by atoms with Crippen molar-refractivity contribution in [1.29, 1.82) is 0 Å². The van der Waals surface area contributed by atoms with E-state index in [1.807, 2.05) is 0 Å². The number of hydrogen-bond donors (Lipinski definition) is 1. The number of rotatable bonds is 6. The van der Waals surface area contributed by atoms with Gasteiger partial charge in [-0.25, -0.2) is 13.1 Å². The van der Waals surface area contributed by atoms with Crippen LogP contribution in [0.2, 0.25) is 5.02 Å². The first-order valence-corrected chi connectivity index (χ1v) is 9.63. The Balaban J connectivity index is 2.35. The molecule has 1 unspecified atom stereocenters. The van der Waals surface area contributed by atoms with Gasteiger partial charge in [0.25, 0.3) is 0 Å². The van der Waals surface area contributed by atoms with Gasteiger partial charge in [0, 0.05) is 21.6 Å². The van der Waals surface area contributed by atoms with Crippen LogP contribution in [-0.2, 0) is 10.0 Å². The highest BCUT2D eigenvalue weighted by Gasteiger charge is 2.23. The SMILES string of the molecule is COc1cc(Br)c(S(=O)(=O)NC(C)c2ccc(Cl)cc2)cc1OC. The highest BCUT2D eigenvalue weighted by molar-refractivity contribution is 9.10. The van der Waals surface area contributed by atoms with Gasteiger partial charge < -0.3 is 9.47 Å². The van der Waals surface area contributed by atoms with E-state index in [0.717, 1.165) is 5.56 Å². The summed E-state index contributed by atoms with van der Waals surface area (Å²) in [4.78, 5) is 0.0703. The molecule has 2 aromatic carbocycles. The van der Waals surface area contributed by atoms with Crippen molar-refractivity contribution in [2.75, 3.05) is 14.2 Å². The van der Waals surface area contributed by atoms with Gasteiger partial charge in [0.15, 0.2) is 11.5 Å². The smallest absolute Gasteiger partial charge is 0.242 e. The van der Waals surface area contributed by atoms with Crippen LogP contribution in [0.3, 0.4) is 0 Å². The fraction of sp³-hybridized carbons (Fsp3) is 0.250. The van der Waals surface area contributed by atoms with Gasteiger partial charge >= 0.3 is 0 Å². The molecule has 0 saturated carbocycles. The molecule has 24 heavy (non-hydrogen) atoms. The van der Waals surface area contributed by atoms with Gasteiger partial charge in [-0.3, -0.25) is 0 Å². The first-order chi connectivity index (χ1) is 11.3. The van der Waals surface area contributed by atoms with Crippen LogP contribution in [0.25, 0.3) is 0 Å². The molecule has 2 rings (SSSR count). The summed E-state index contributed by atoms with van der Waals surface area (Å²) in [5.74, 6) is 0.772. The molecule has 0 heterocycles. The third-order valence-electron chi connectivity index (χ3n) is 3.43. The van der Waals surface area contributed by atoms with Crippen LogP contribution in [0.4, 0.5) is 0 Å². The number of methoxy groups -OCH3 is 2. The molecule has 0 spiro atoms. The van der Waals surface area contributed by atoms with Crippen LogP contribution in [0.15, 0.2) is 45.8 Å². The van der Waals surface area contributed by atoms with Crippen molar-refractivity contribution in [3.63, 3.8) is 0 Å². The lowest BCUT2D eigenvalue weighted by atomic mass is 10.1. The maximum Gasteiger partial charge on any atom is 0.242 e. The molecule has 0 fully saturated rings. The quantitative estimate of drug-likeness (QED) is 0.741. The Morgan fingerprint density at radius 3 is 2.17 bits per heavy atom. The van der Waals surface area contributed by atoms with E-state index in [0.29, 0.717) is 21.0 Å². The van der Waals surface area contributed by atoms with E-state index in [-0.39, 0.29) is 4.90 Å². The molecule has 0 saturated heterocycles. The Hall–Kier alpha value is -1.28. The second-order valence-electron chi connectivity index (χ2n) is 5.03. The van der Waals surface area contributed by atoms with E-state index in [4.69, 9.17) is 21.1 Å². The molecule has 0 aliphatic carbocycles. The van der Waals surface area contributed by atoms with Gasteiger partial charge in [0.1, 0.15) is 4.90 Å². The summed E-state index contributed by atoms with van der Waals surface area (Å²) in [6.45, 7) is 1.76. The molecule has 1 N–H and O–H groups in total. The Morgan fingerprint density at radius 2 is 1.62 bits per heavy atom. The van der Waals surface area contributed by atoms with Crippen molar-refractivity contribution in [3.8, 4) is 11.5 Å². The zero-order chi connectivity index (χ0) is 17.9. The number of halogens is 2. The largest absolute Gasteiger partial charge is 0.493 e. The lowest BCUT2D eigenvalue weighted by Gasteiger charge is -2.17. The van der Waals surface area contributed by atoms with E-state index in [1.165, 1.54) is 20.3 Å². The van der Waals surface area contributed by atoms with Gasteiger partial charge in [-0.1, -0.05) is 23.7 Å². The minimum absolute atomic E-state index is 0.0703. The zero-order valence-electron chi connectivity index (χ0n) is 13.3. The summed E-state index contributed by atoms with van der Waals surface area (Å²) in [6, 6.07) is 9.54. The number of sulfonamides is 1. The molecule has 0 amide bonds. The van der Waals surface area contributed by atoms with E-state index in [9.17, 15) is 8.42 Å². The molecule has 0 bridgehead atoms. The summed E-state index contributed by atoms with van der Waals surface area (Å²) in [7, 11) is -0.836. The van der Waals surface area contributed by atoms with Gasteiger partial charge in [-0.15, -0.1) is 0 Å². The number of nitrogens with one attached hydrogen (secondary N) is 1. The molecular weight excluding hydrogens is 418 g/mol. The predicted octanol–water partition coefficient (Wildman–Crippen LogP) is 4.16. The van der Waals surface area contributed by atoms with Crippen molar-refractivity contribution in [2.24, 2.45) is 0 Å². The third kappa shape index (κ3) is 4.22. The molecule has 130 valence electrons. The fourth-order valence-corrected chi connectivity index (χ4v) is 4.55. The topological polar surface area (TPSA) is 64.6 Å². The van der Waals surface area contributed by atoms with E-state index >= 15 is 0 Å². The lowest BCUT2D eigenvalue weighted by Crippen LogP contribution is -2.27. The second-order valence-corrected chi connectivity index (χ2v) is 8.01. The summed E-state index contributed by atoms with van der Waals surface area (Å²) >= 11 is 9.13. The highest BCUT2D eigenvalue weighted by atomic mass is 79.9. The summed E-state index contributed by atoms with van der Waals surface area (Å²) in [6.07, 6.45) is 0. The van der Waals surface area contributed by atoms with Crippen molar-refractivity contribution in [3.05, 3.63) is 51.5 Å². The molecular formula is C16H17BrClNO4S. The molecule has 1 atom stereocenters. The van der Waals surface area contributed by atoms with Crippen molar-refractivity contribution < 1.29 is 17.9 Å². The van der Waals surface area contributed by atoms with Crippen molar-refractivity contribution in [2.45, 2.75) is 17.9 Å². The van der Waals surface area contributed by atoms with Crippen LogP contribution >= 0.6 is 27.5 Å². The first kappa shape index (κ1) is 19.1. The summed E-state index contributed by atoms with van der Waals surface area (Å²) < 4.78 is 38.8. The molecule has 2 aromatic rings. The molecule has 0 aliphatic heterocycles. The minimum atomic E-state index is -3.77. The second kappa shape index (κ2) is 7.74. The fourth-order valence-electron chi connectivity index (χ4n) is 2.16. The molecule has 0 radical (unpaired) electrons. The van der Waals surface area contributed by atoms with E-state index < -0.39 is 16.1 Å². The van der Waals surface area contributed by atoms with Crippen LogP contribution < -0.4 is 14.2 Å². The average Bonchev–Trinajstić information content (AvgIpc) is 2.54. The van der Waals surface area contributed by atoms with Gasteiger partial charge in [-0.2, -0.15) is 0 Å². The monoisotopic (exact) mass is 433 g/mol. The van der Waals surface area contributed by atoms with Crippen LogP contribution in [0.5, 0.6) is 11.5 Å². The lowest BCUT2D eigenvalue weighted by molar-refractivity contribution is 0.353. The molecule has 5 nitrogen and oxygen atoms in total. The highest BCUT2D eigenvalue weighted by Crippen LogP contribution is 2.35. The summed E-state index contributed by atoms with van der Waals surface area (Å²) in [5.41, 5.74) is 0.805. The number of ether oxygens (including phenoxy) is 2. The Labute approximate surface area is 155 Å². The molecule has 0 aliphatic rings.